The molecule has 1 fully saturated rings. The summed E-state index contributed by atoms with van der Waals surface area (Å²) in [5.74, 6) is 0.207. The zero-order valence-corrected chi connectivity index (χ0v) is 12.8. The van der Waals surface area contributed by atoms with Crippen LogP contribution in [0.2, 0.25) is 0 Å². The van der Waals surface area contributed by atoms with Gasteiger partial charge in [-0.15, -0.1) is 0 Å². The Bertz CT molecular complexity index is 725. The van der Waals surface area contributed by atoms with Crippen LogP contribution >= 0.6 is 12.2 Å². The summed E-state index contributed by atoms with van der Waals surface area (Å²) < 4.78 is 4.73. The maximum atomic E-state index is 11.6. The number of nitrogens with zero attached hydrogens (tertiary/aromatic N) is 4. The van der Waals surface area contributed by atoms with Gasteiger partial charge in [0.15, 0.2) is 10.4 Å². The van der Waals surface area contributed by atoms with E-state index in [0.717, 1.165) is 34.5 Å². The van der Waals surface area contributed by atoms with Gasteiger partial charge in [0.2, 0.25) is 5.91 Å². The van der Waals surface area contributed by atoms with Gasteiger partial charge >= 0.3 is 0 Å². The lowest BCUT2D eigenvalue weighted by atomic mass is 10.1. The van der Waals surface area contributed by atoms with E-state index in [0.29, 0.717) is 13.0 Å². The largest absolute Gasteiger partial charge is 0.344 e. The summed E-state index contributed by atoms with van der Waals surface area (Å²) in [5, 5.41) is 4.54. The number of aromatic amines is 1. The first-order chi connectivity index (χ1) is 9.52. The number of imidazole rings is 1. The summed E-state index contributed by atoms with van der Waals surface area (Å²) in [6.45, 7) is 2.79. The minimum absolute atomic E-state index is 0.207. The van der Waals surface area contributed by atoms with Gasteiger partial charge in [-0.3, -0.25) is 14.0 Å². The molecule has 0 bridgehead atoms. The summed E-state index contributed by atoms with van der Waals surface area (Å²) in [4.78, 5) is 16.7. The molecule has 0 saturated carbocycles. The van der Waals surface area contributed by atoms with Crippen LogP contribution in [0.3, 0.4) is 0 Å². The molecule has 108 valence electrons. The minimum Gasteiger partial charge on any atom is -0.344 e. The molecule has 1 saturated heterocycles. The van der Waals surface area contributed by atoms with Crippen LogP contribution < -0.4 is 0 Å². The Morgan fingerprint density at radius 1 is 1.45 bits per heavy atom. The van der Waals surface area contributed by atoms with Gasteiger partial charge in [-0.25, -0.2) is 0 Å². The predicted octanol–water partition coefficient (Wildman–Crippen LogP) is 1.79. The number of fused-ring (bicyclic) bond motifs is 1. The molecular formula is C13H19N5OS. The number of carbonyl (C=O) groups is 1. The lowest BCUT2D eigenvalue weighted by Gasteiger charge is -2.30. The summed E-state index contributed by atoms with van der Waals surface area (Å²) in [7, 11) is 3.79. The molecular weight excluding hydrogens is 274 g/mol. The van der Waals surface area contributed by atoms with Gasteiger partial charge in [0.25, 0.3) is 0 Å². The van der Waals surface area contributed by atoms with Crippen molar-refractivity contribution in [2.45, 2.75) is 32.2 Å². The zero-order chi connectivity index (χ0) is 14.4. The molecule has 1 aliphatic heterocycles. The van der Waals surface area contributed by atoms with Crippen molar-refractivity contribution in [3.05, 3.63) is 10.5 Å². The molecule has 0 aliphatic carbocycles. The molecule has 20 heavy (non-hydrogen) atoms. The van der Waals surface area contributed by atoms with E-state index in [-0.39, 0.29) is 11.9 Å². The van der Waals surface area contributed by atoms with E-state index < -0.39 is 0 Å². The van der Waals surface area contributed by atoms with Gasteiger partial charge in [-0.2, -0.15) is 5.10 Å². The summed E-state index contributed by atoms with van der Waals surface area (Å²) in [6.07, 6.45) is 2.28. The average molecular weight is 293 g/mol. The summed E-state index contributed by atoms with van der Waals surface area (Å²) in [6, 6.07) is 0.221. The van der Waals surface area contributed by atoms with Crippen LogP contribution in [-0.4, -0.2) is 43.7 Å². The van der Waals surface area contributed by atoms with Gasteiger partial charge in [0, 0.05) is 27.1 Å². The third-order valence-electron chi connectivity index (χ3n) is 4.07. The molecule has 1 unspecified atom stereocenters. The first-order valence-electron chi connectivity index (χ1n) is 6.93. The number of rotatable bonds is 2. The third-order valence-corrected chi connectivity index (χ3v) is 4.37. The van der Waals surface area contributed by atoms with E-state index >= 15 is 0 Å². The maximum Gasteiger partial charge on any atom is 0.222 e. The number of likely N-dealkylation sites (N-methyl/N-ethyl adjacent to an activating group) is 1. The molecule has 0 radical (unpaired) electrons. The van der Waals surface area contributed by atoms with Gasteiger partial charge in [-0.1, -0.05) is 6.92 Å². The highest BCUT2D eigenvalue weighted by Crippen LogP contribution is 2.27. The monoisotopic (exact) mass is 293 g/mol. The molecule has 3 heterocycles. The van der Waals surface area contributed by atoms with Crippen molar-refractivity contribution in [2.75, 3.05) is 13.6 Å². The molecule has 2 aromatic heterocycles. The molecule has 1 atom stereocenters. The van der Waals surface area contributed by atoms with Crippen molar-refractivity contribution in [1.82, 2.24) is 24.2 Å². The standard InChI is InChI=1S/C13H19N5OS/c1-4-9-11-12(17(3)15-9)18(13(20)14-11)8-5-6-10(19)16(2)7-8/h8H,4-7H2,1-3H3,(H,14,20). The fourth-order valence-electron chi connectivity index (χ4n) is 3.02. The lowest BCUT2D eigenvalue weighted by molar-refractivity contribution is -0.132. The quantitative estimate of drug-likeness (QED) is 0.859. The van der Waals surface area contributed by atoms with Crippen LogP contribution in [0.4, 0.5) is 0 Å². The normalized spacial score (nSPS) is 20.1. The second-order valence-corrected chi connectivity index (χ2v) is 5.78. The van der Waals surface area contributed by atoms with Crippen molar-refractivity contribution < 1.29 is 4.79 Å². The molecule has 1 N–H and O–H groups in total. The van der Waals surface area contributed by atoms with Crippen LogP contribution in [0.5, 0.6) is 0 Å². The Hall–Kier alpha value is -1.63. The average Bonchev–Trinajstić information content (AvgIpc) is 2.90. The van der Waals surface area contributed by atoms with E-state index in [4.69, 9.17) is 12.2 Å². The number of nitrogens with one attached hydrogen (secondary N) is 1. The second-order valence-electron chi connectivity index (χ2n) is 5.39. The predicted molar refractivity (Wildman–Crippen MR) is 79.2 cm³/mol. The van der Waals surface area contributed by atoms with Gasteiger partial charge in [-0.05, 0) is 25.1 Å². The number of likely N-dealkylation sites (tertiary alicyclic amines) is 1. The van der Waals surface area contributed by atoms with E-state index in [2.05, 4.69) is 21.6 Å². The number of aryl methyl sites for hydroxylation is 2. The van der Waals surface area contributed by atoms with Crippen LogP contribution in [0.1, 0.15) is 31.5 Å². The fraction of sp³-hybridized carbons (Fsp3) is 0.615. The van der Waals surface area contributed by atoms with Crippen molar-refractivity contribution in [1.29, 1.82) is 0 Å². The Morgan fingerprint density at radius 2 is 2.20 bits per heavy atom. The molecule has 2 aromatic rings. The van der Waals surface area contributed by atoms with Crippen LogP contribution in [0, 0.1) is 4.77 Å². The van der Waals surface area contributed by atoms with Crippen LogP contribution in [0.25, 0.3) is 11.2 Å². The van der Waals surface area contributed by atoms with E-state index in [9.17, 15) is 4.79 Å². The Kier molecular flexibility index (Phi) is 3.16. The number of amides is 1. The maximum absolute atomic E-state index is 11.6. The Labute approximate surface area is 122 Å². The van der Waals surface area contributed by atoms with E-state index in [1.165, 1.54) is 0 Å². The van der Waals surface area contributed by atoms with Crippen molar-refractivity contribution in [2.24, 2.45) is 7.05 Å². The van der Waals surface area contributed by atoms with Crippen molar-refractivity contribution in [3.63, 3.8) is 0 Å². The molecule has 3 rings (SSSR count). The number of H-pyrrole nitrogens is 1. The highest BCUT2D eigenvalue weighted by atomic mass is 32.1. The van der Waals surface area contributed by atoms with Gasteiger partial charge in [0.1, 0.15) is 5.52 Å². The van der Waals surface area contributed by atoms with Gasteiger partial charge in [0.05, 0.1) is 11.7 Å². The second kappa shape index (κ2) is 4.73. The Morgan fingerprint density at radius 3 is 2.85 bits per heavy atom. The van der Waals surface area contributed by atoms with E-state index in [1.54, 1.807) is 4.90 Å². The molecule has 6 nitrogen and oxygen atoms in total. The number of carbonyl (C=O) groups excluding carboxylic acids is 1. The van der Waals surface area contributed by atoms with Crippen molar-refractivity contribution >= 4 is 29.3 Å². The lowest BCUT2D eigenvalue weighted by Crippen LogP contribution is -2.38. The topological polar surface area (TPSA) is 58.9 Å². The molecule has 1 aliphatic rings. The van der Waals surface area contributed by atoms with Crippen molar-refractivity contribution in [3.8, 4) is 0 Å². The van der Waals surface area contributed by atoms with E-state index in [1.807, 2.05) is 18.8 Å². The number of hydrogen-bond acceptors (Lipinski definition) is 3. The number of aromatic nitrogens is 4. The molecule has 0 spiro atoms. The molecule has 0 aromatic carbocycles. The zero-order valence-electron chi connectivity index (χ0n) is 12.0. The Balaban J connectivity index is 2.12. The van der Waals surface area contributed by atoms with Crippen LogP contribution in [0.15, 0.2) is 0 Å². The molecule has 7 heteroatoms. The smallest absolute Gasteiger partial charge is 0.222 e. The third kappa shape index (κ3) is 1.88. The number of hydrogen-bond donors (Lipinski definition) is 1. The highest BCUT2D eigenvalue weighted by Gasteiger charge is 2.27. The minimum atomic E-state index is 0.207. The number of piperidine rings is 1. The highest BCUT2D eigenvalue weighted by molar-refractivity contribution is 7.71. The summed E-state index contributed by atoms with van der Waals surface area (Å²) >= 11 is 5.49. The first-order valence-corrected chi connectivity index (χ1v) is 7.33. The fourth-order valence-corrected chi connectivity index (χ4v) is 3.36. The van der Waals surface area contributed by atoms with Gasteiger partial charge < -0.3 is 9.88 Å². The first kappa shape index (κ1) is 13.4. The van der Waals surface area contributed by atoms with Crippen LogP contribution in [-0.2, 0) is 18.3 Å². The summed E-state index contributed by atoms with van der Waals surface area (Å²) in [5.41, 5.74) is 3.09. The SMILES string of the molecule is CCc1nn(C)c2c1[nH]c(=S)n2C1CCC(=O)N(C)C1. The molecule has 1 amide bonds.